The van der Waals surface area contributed by atoms with Gasteiger partial charge in [0.15, 0.2) is 0 Å². The van der Waals surface area contributed by atoms with Crippen molar-refractivity contribution in [2.24, 2.45) is 17.6 Å². The first kappa shape index (κ1) is 12.9. The molecule has 0 aliphatic carbocycles. The zero-order chi connectivity index (χ0) is 12.7. The monoisotopic (exact) mass is 253 g/mol. The number of fused-ring (bicyclic) bond motifs is 2. The Morgan fingerprint density at radius 1 is 1.33 bits per heavy atom. The van der Waals surface area contributed by atoms with E-state index in [0.717, 1.165) is 18.4 Å². The van der Waals surface area contributed by atoms with E-state index < -0.39 is 0 Å². The third kappa shape index (κ3) is 1.90. The fourth-order valence-corrected chi connectivity index (χ4v) is 4.69. The smallest absolute Gasteiger partial charge is 0.0598 e. The van der Waals surface area contributed by atoms with Gasteiger partial charge in [-0.1, -0.05) is 6.92 Å². The van der Waals surface area contributed by atoms with Crippen LogP contribution < -0.4 is 5.73 Å². The van der Waals surface area contributed by atoms with Gasteiger partial charge in [0, 0.05) is 24.7 Å². The highest BCUT2D eigenvalue weighted by Gasteiger charge is 2.53. The molecule has 4 heterocycles. The van der Waals surface area contributed by atoms with E-state index in [0.29, 0.717) is 12.1 Å². The van der Waals surface area contributed by atoms with E-state index in [-0.39, 0.29) is 12.6 Å². The van der Waals surface area contributed by atoms with E-state index in [1.165, 1.54) is 38.9 Å². The molecule has 0 aromatic carbocycles. The fraction of sp³-hybridized carbons (Fsp3) is 1.00. The molecule has 3 N–H and O–H groups in total. The van der Waals surface area contributed by atoms with Crippen LogP contribution in [-0.4, -0.2) is 65.8 Å². The van der Waals surface area contributed by atoms with Crippen LogP contribution in [0.2, 0.25) is 0 Å². The van der Waals surface area contributed by atoms with Crippen LogP contribution in [0.3, 0.4) is 0 Å². The zero-order valence-corrected chi connectivity index (χ0v) is 11.5. The maximum Gasteiger partial charge on any atom is 0.0598 e. The van der Waals surface area contributed by atoms with Crippen molar-refractivity contribution in [3.05, 3.63) is 0 Å². The summed E-state index contributed by atoms with van der Waals surface area (Å²) in [7, 11) is 0. The van der Waals surface area contributed by atoms with E-state index in [1.807, 2.05) is 0 Å². The topological polar surface area (TPSA) is 52.7 Å². The Hall–Kier alpha value is -0.160. The number of hydrogen-bond acceptors (Lipinski definition) is 4. The van der Waals surface area contributed by atoms with E-state index in [4.69, 9.17) is 5.73 Å². The van der Waals surface area contributed by atoms with Gasteiger partial charge in [-0.15, -0.1) is 0 Å². The first-order valence-corrected chi connectivity index (χ1v) is 7.60. The highest BCUT2D eigenvalue weighted by molar-refractivity contribution is 5.09. The van der Waals surface area contributed by atoms with Gasteiger partial charge >= 0.3 is 0 Å². The summed E-state index contributed by atoms with van der Waals surface area (Å²) < 4.78 is 0. The van der Waals surface area contributed by atoms with Crippen molar-refractivity contribution >= 4 is 0 Å². The summed E-state index contributed by atoms with van der Waals surface area (Å²) in [6.07, 6.45) is 3.93. The molecule has 0 radical (unpaired) electrons. The molecule has 4 unspecified atom stereocenters. The second-order valence-electron chi connectivity index (χ2n) is 6.36. The SMILES string of the molecule is CCCN1CC2C3CCN(CC3)C2C1C(N)CO. The van der Waals surface area contributed by atoms with Crippen molar-refractivity contribution < 1.29 is 5.11 Å². The molecular formula is C14H27N3O. The largest absolute Gasteiger partial charge is 0.395 e. The molecule has 0 saturated carbocycles. The lowest BCUT2D eigenvalue weighted by atomic mass is 9.73. The number of rotatable bonds is 4. The van der Waals surface area contributed by atoms with Crippen LogP contribution in [0.1, 0.15) is 26.2 Å². The molecule has 4 saturated heterocycles. The Morgan fingerprint density at radius 3 is 2.67 bits per heavy atom. The quantitative estimate of drug-likeness (QED) is 0.747. The summed E-state index contributed by atoms with van der Waals surface area (Å²) >= 11 is 0. The lowest BCUT2D eigenvalue weighted by molar-refractivity contribution is -0.00359. The number of nitrogens with zero attached hydrogens (tertiary/aromatic N) is 2. The van der Waals surface area contributed by atoms with Crippen LogP contribution in [0.15, 0.2) is 0 Å². The Bertz CT molecular complexity index is 291. The molecule has 4 aliphatic rings. The first-order valence-electron chi connectivity index (χ1n) is 7.60. The van der Waals surface area contributed by atoms with Gasteiger partial charge in [-0.05, 0) is 50.7 Å². The van der Waals surface area contributed by atoms with Crippen molar-refractivity contribution in [1.82, 2.24) is 9.80 Å². The van der Waals surface area contributed by atoms with Crippen LogP contribution in [0, 0.1) is 11.8 Å². The molecule has 4 fully saturated rings. The summed E-state index contributed by atoms with van der Waals surface area (Å²) in [6.45, 7) is 7.19. The Kier molecular flexibility index (Phi) is 3.63. The number of likely N-dealkylation sites (tertiary alicyclic amines) is 1. The fourth-order valence-electron chi connectivity index (χ4n) is 4.69. The van der Waals surface area contributed by atoms with Crippen LogP contribution in [-0.2, 0) is 0 Å². The lowest BCUT2D eigenvalue weighted by Crippen LogP contribution is -2.61. The molecule has 0 aromatic heterocycles. The average molecular weight is 253 g/mol. The summed E-state index contributed by atoms with van der Waals surface area (Å²) in [6, 6.07) is 0.917. The molecule has 2 bridgehead atoms. The van der Waals surface area contributed by atoms with Crippen LogP contribution in [0.25, 0.3) is 0 Å². The van der Waals surface area contributed by atoms with Crippen molar-refractivity contribution in [2.75, 3.05) is 32.8 Å². The van der Waals surface area contributed by atoms with E-state index >= 15 is 0 Å². The predicted molar refractivity (Wildman–Crippen MR) is 72.3 cm³/mol. The van der Waals surface area contributed by atoms with Crippen molar-refractivity contribution in [1.29, 1.82) is 0 Å². The van der Waals surface area contributed by atoms with Gasteiger partial charge in [-0.3, -0.25) is 9.80 Å². The number of aliphatic hydroxyl groups is 1. The molecule has 104 valence electrons. The molecule has 0 spiro atoms. The van der Waals surface area contributed by atoms with Crippen LogP contribution in [0.5, 0.6) is 0 Å². The minimum Gasteiger partial charge on any atom is -0.395 e. The molecule has 4 aliphatic heterocycles. The maximum absolute atomic E-state index is 9.47. The molecule has 4 rings (SSSR count). The summed E-state index contributed by atoms with van der Waals surface area (Å²) in [4.78, 5) is 5.22. The third-order valence-corrected chi connectivity index (χ3v) is 5.42. The zero-order valence-electron chi connectivity index (χ0n) is 11.5. The Morgan fingerprint density at radius 2 is 2.06 bits per heavy atom. The number of nitrogens with two attached hydrogens (primary N) is 1. The molecule has 0 aromatic rings. The molecule has 4 nitrogen and oxygen atoms in total. The van der Waals surface area contributed by atoms with E-state index in [9.17, 15) is 5.11 Å². The number of aliphatic hydroxyl groups excluding tert-OH is 1. The number of piperidine rings is 3. The molecule has 18 heavy (non-hydrogen) atoms. The Balaban J connectivity index is 1.83. The van der Waals surface area contributed by atoms with Gasteiger partial charge in [0.05, 0.1) is 6.61 Å². The highest BCUT2D eigenvalue weighted by atomic mass is 16.3. The van der Waals surface area contributed by atoms with Gasteiger partial charge < -0.3 is 10.8 Å². The standard InChI is InChI=1S/C14H27N3O/c1-2-5-17-8-11-10-3-6-16(7-4-10)13(11)14(17)12(15)9-18/h10-14,18H,2-9,15H2,1H3. The normalized spacial score (nSPS) is 45.2. The molecule has 4 heteroatoms. The van der Waals surface area contributed by atoms with Crippen molar-refractivity contribution in [3.8, 4) is 0 Å². The van der Waals surface area contributed by atoms with Crippen LogP contribution in [0.4, 0.5) is 0 Å². The summed E-state index contributed by atoms with van der Waals surface area (Å²) in [5.41, 5.74) is 6.22. The van der Waals surface area contributed by atoms with Gasteiger partial charge in [-0.2, -0.15) is 0 Å². The second-order valence-corrected chi connectivity index (χ2v) is 6.36. The molecule has 4 atom stereocenters. The van der Waals surface area contributed by atoms with Gasteiger partial charge in [-0.25, -0.2) is 0 Å². The van der Waals surface area contributed by atoms with Gasteiger partial charge in [0.1, 0.15) is 0 Å². The van der Waals surface area contributed by atoms with E-state index in [1.54, 1.807) is 0 Å². The summed E-state index contributed by atoms with van der Waals surface area (Å²) in [5, 5.41) is 9.47. The lowest BCUT2D eigenvalue weighted by Gasteiger charge is -2.50. The maximum atomic E-state index is 9.47. The average Bonchev–Trinajstić information content (AvgIpc) is 2.80. The summed E-state index contributed by atoms with van der Waals surface area (Å²) in [5.74, 6) is 1.72. The second kappa shape index (κ2) is 5.08. The third-order valence-electron chi connectivity index (χ3n) is 5.42. The number of hydrogen-bond donors (Lipinski definition) is 2. The first-order chi connectivity index (χ1) is 8.76. The van der Waals surface area contributed by atoms with Crippen molar-refractivity contribution in [3.63, 3.8) is 0 Å². The minimum atomic E-state index is -0.0779. The van der Waals surface area contributed by atoms with Gasteiger partial charge in [0.25, 0.3) is 0 Å². The molecular weight excluding hydrogens is 226 g/mol. The highest BCUT2D eigenvalue weighted by Crippen LogP contribution is 2.44. The minimum absolute atomic E-state index is 0.0779. The van der Waals surface area contributed by atoms with Crippen molar-refractivity contribution in [2.45, 2.75) is 44.3 Å². The predicted octanol–water partition coefficient (Wildman–Crippen LogP) is 0.111. The molecule has 0 amide bonds. The van der Waals surface area contributed by atoms with Gasteiger partial charge in [0.2, 0.25) is 0 Å². The van der Waals surface area contributed by atoms with Crippen LogP contribution >= 0.6 is 0 Å². The van der Waals surface area contributed by atoms with E-state index in [2.05, 4.69) is 16.7 Å². The Labute approximate surface area is 110 Å².